The fourth-order valence-corrected chi connectivity index (χ4v) is 1.36. The molecule has 1 aromatic carbocycles. The molecular weight excluding hydrogens is 204 g/mol. The fraction of sp³-hybridized carbons (Fsp3) is 0.111. The molecule has 1 heterocycles. The highest BCUT2D eigenvalue weighted by Crippen LogP contribution is 2.20. The van der Waals surface area contributed by atoms with E-state index in [2.05, 4.69) is 4.98 Å². The van der Waals surface area contributed by atoms with Gasteiger partial charge in [-0.15, -0.1) is 11.6 Å². The first-order chi connectivity index (χ1) is 6.72. The van der Waals surface area contributed by atoms with Crippen molar-refractivity contribution in [3.05, 3.63) is 29.7 Å². The topological polar surface area (TPSA) is 69.1 Å². The van der Waals surface area contributed by atoms with Gasteiger partial charge in [0, 0.05) is 0 Å². The zero-order valence-corrected chi connectivity index (χ0v) is 7.91. The average molecular weight is 211 g/mol. The van der Waals surface area contributed by atoms with Crippen LogP contribution in [0.3, 0.4) is 0 Å². The Bertz CT molecular complexity index is 493. The molecule has 0 spiro atoms. The molecular formula is C9H7ClN2O2. The number of rotatable bonds is 2. The molecule has 0 aliphatic heterocycles. The Kier molecular flexibility index (Phi) is 2.13. The summed E-state index contributed by atoms with van der Waals surface area (Å²) in [6.07, 6.45) is 0. The molecule has 14 heavy (non-hydrogen) atoms. The number of carbonyl (C=O) groups is 1. The molecule has 2 aromatic rings. The zero-order chi connectivity index (χ0) is 10.1. The van der Waals surface area contributed by atoms with E-state index in [9.17, 15) is 4.79 Å². The molecule has 0 aliphatic carbocycles. The Hall–Kier alpha value is -1.55. The molecule has 0 saturated heterocycles. The molecule has 0 aliphatic rings. The minimum atomic E-state index is -0.534. The predicted octanol–water partition coefficient (Wildman–Crippen LogP) is 1.67. The number of carbonyl (C=O) groups excluding carboxylic acids is 1. The van der Waals surface area contributed by atoms with Crippen molar-refractivity contribution < 1.29 is 9.21 Å². The third-order valence-electron chi connectivity index (χ3n) is 1.84. The standard InChI is InChI=1S/C9H7ClN2O2/c10-4-7-12-6-3-1-2-5(9(11)13)8(6)14-7/h1-3H,4H2,(H2,11,13). The van der Waals surface area contributed by atoms with Crippen molar-refractivity contribution in [1.29, 1.82) is 0 Å². The fourth-order valence-electron chi connectivity index (χ4n) is 1.25. The summed E-state index contributed by atoms with van der Waals surface area (Å²) in [5.41, 5.74) is 6.49. The smallest absolute Gasteiger partial charge is 0.252 e. The van der Waals surface area contributed by atoms with Gasteiger partial charge in [-0.25, -0.2) is 4.98 Å². The van der Waals surface area contributed by atoms with Gasteiger partial charge >= 0.3 is 0 Å². The molecule has 1 amide bonds. The van der Waals surface area contributed by atoms with Gasteiger partial charge < -0.3 is 10.2 Å². The van der Waals surface area contributed by atoms with Crippen LogP contribution >= 0.6 is 11.6 Å². The van der Waals surface area contributed by atoms with Crippen molar-refractivity contribution in [1.82, 2.24) is 4.98 Å². The number of benzene rings is 1. The number of aromatic nitrogens is 1. The molecule has 1 aromatic heterocycles. The lowest BCUT2D eigenvalue weighted by Crippen LogP contribution is -2.10. The largest absolute Gasteiger partial charge is 0.439 e. The van der Waals surface area contributed by atoms with Gasteiger partial charge in [0.1, 0.15) is 5.52 Å². The number of para-hydroxylation sites is 1. The van der Waals surface area contributed by atoms with Crippen LogP contribution in [-0.4, -0.2) is 10.9 Å². The molecule has 0 saturated carbocycles. The second-order valence-electron chi connectivity index (χ2n) is 2.76. The number of hydrogen-bond donors (Lipinski definition) is 1. The highest BCUT2D eigenvalue weighted by Gasteiger charge is 2.12. The number of alkyl halides is 1. The number of hydrogen-bond acceptors (Lipinski definition) is 3. The van der Waals surface area contributed by atoms with Crippen LogP contribution in [0.15, 0.2) is 22.6 Å². The van der Waals surface area contributed by atoms with E-state index in [4.69, 9.17) is 21.8 Å². The van der Waals surface area contributed by atoms with Crippen LogP contribution in [0.25, 0.3) is 11.1 Å². The van der Waals surface area contributed by atoms with E-state index in [-0.39, 0.29) is 5.88 Å². The molecule has 2 rings (SSSR count). The summed E-state index contributed by atoms with van der Waals surface area (Å²) in [6.45, 7) is 0. The quantitative estimate of drug-likeness (QED) is 0.767. The predicted molar refractivity (Wildman–Crippen MR) is 52.1 cm³/mol. The van der Waals surface area contributed by atoms with Crippen LogP contribution in [0, 0.1) is 0 Å². The van der Waals surface area contributed by atoms with E-state index in [0.717, 1.165) is 0 Å². The maximum atomic E-state index is 11.0. The number of fused-ring (bicyclic) bond motifs is 1. The number of primary amides is 1. The Labute approximate surface area is 84.7 Å². The van der Waals surface area contributed by atoms with E-state index in [0.29, 0.717) is 22.6 Å². The van der Waals surface area contributed by atoms with Crippen molar-refractivity contribution in [3.63, 3.8) is 0 Å². The first-order valence-corrected chi connectivity index (χ1v) is 4.50. The number of nitrogens with two attached hydrogens (primary N) is 1. The van der Waals surface area contributed by atoms with Crippen molar-refractivity contribution in [2.24, 2.45) is 5.73 Å². The van der Waals surface area contributed by atoms with Gasteiger partial charge in [0.25, 0.3) is 5.91 Å². The third kappa shape index (κ3) is 1.33. The van der Waals surface area contributed by atoms with Crippen LogP contribution in [0.5, 0.6) is 0 Å². The van der Waals surface area contributed by atoms with Crippen LogP contribution in [0.2, 0.25) is 0 Å². The summed E-state index contributed by atoms with van der Waals surface area (Å²) in [4.78, 5) is 15.1. The van der Waals surface area contributed by atoms with Crippen molar-refractivity contribution in [2.45, 2.75) is 5.88 Å². The maximum Gasteiger partial charge on any atom is 0.252 e. The lowest BCUT2D eigenvalue weighted by atomic mass is 10.2. The molecule has 0 fully saturated rings. The first-order valence-electron chi connectivity index (χ1n) is 3.96. The zero-order valence-electron chi connectivity index (χ0n) is 7.16. The number of halogens is 1. The van der Waals surface area contributed by atoms with Gasteiger partial charge in [-0.2, -0.15) is 0 Å². The van der Waals surface area contributed by atoms with Gasteiger partial charge in [0.15, 0.2) is 5.58 Å². The van der Waals surface area contributed by atoms with Gasteiger partial charge in [-0.05, 0) is 12.1 Å². The van der Waals surface area contributed by atoms with Gasteiger partial charge in [0.05, 0.1) is 11.4 Å². The van der Waals surface area contributed by atoms with Gasteiger partial charge in [-0.1, -0.05) is 6.07 Å². The molecule has 4 nitrogen and oxygen atoms in total. The molecule has 0 atom stereocenters. The normalized spacial score (nSPS) is 10.6. The maximum absolute atomic E-state index is 11.0. The Morgan fingerprint density at radius 2 is 2.36 bits per heavy atom. The first kappa shape index (κ1) is 9.02. The number of oxazole rings is 1. The summed E-state index contributed by atoms with van der Waals surface area (Å²) < 4.78 is 5.27. The summed E-state index contributed by atoms with van der Waals surface area (Å²) in [7, 11) is 0. The minimum absolute atomic E-state index is 0.173. The highest BCUT2D eigenvalue weighted by molar-refractivity contribution is 6.16. The molecule has 72 valence electrons. The summed E-state index contributed by atoms with van der Waals surface area (Å²) in [6, 6.07) is 5.03. The van der Waals surface area contributed by atoms with Gasteiger partial charge in [0.2, 0.25) is 5.89 Å². The third-order valence-corrected chi connectivity index (χ3v) is 2.07. The van der Waals surface area contributed by atoms with E-state index in [1.807, 2.05) is 0 Å². The van der Waals surface area contributed by atoms with Crippen molar-refractivity contribution >= 4 is 28.6 Å². The van der Waals surface area contributed by atoms with E-state index in [1.54, 1.807) is 18.2 Å². The summed E-state index contributed by atoms with van der Waals surface area (Å²) in [5.74, 6) is 0.0237. The molecule has 0 radical (unpaired) electrons. The van der Waals surface area contributed by atoms with Crippen LogP contribution < -0.4 is 5.73 Å². The van der Waals surface area contributed by atoms with E-state index >= 15 is 0 Å². The molecule has 5 heteroatoms. The average Bonchev–Trinajstić information content (AvgIpc) is 2.59. The Morgan fingerprint density at radius 1 is 1.57 bits per heavy atom. The number of amides is 1. The molecule has 0 bridgehead atoms. The lowest BCUT2D eigenvalue weighted by Gasteiger charge is -1.93. The van der Waals surface area contributed by atoms with Crippen LogP contribution in [0.1, 0.15) is 16.2 Å². The summed E-state index contributed by atoms with van der Waals surface area (Å²) >= 11 is 5.56. The lowest BCUT2D eigenvalue weighted by molar-refractivity contribution is 0.100. The van der Waals surface area contributed by atoms with Crippen LogP contribution in [0.4, 0.5) is 0 Å². The number of nitrogens with zero attached hydrogens (tertiary/aromatic N) is 1. The van der Waals surface area contributed by atoms with E-state index in [1.165, 1.54) is 0 Å². The highest BCUT2D eigenvalue weighted by atomic mass is 35.5. The molecule has 2 N–H and O–H groups in total. The van der Waals surface area contributed by atoms with Gasteiger partial charge in [-0.3, -0.25) is 4.79 Å². The van der Waals surface area contributed by atoms with E-state index < -0.39 is 5.91 Å². The Balaban J connectivity index is 2.73. The van der Waals surface area contributed by atoms with Crippen LogP contribution in [-0.2, 0) is 5.88 Å². The van der Waals surface area contributed by atoms with Crippen molar-refractivity contribution in [3.8, 4) is 0 Å². The van der Waals surface area contributed by atoms with Crippen molar-refractivity contribution in [2.75, 3.05) is 0 Å². The second kappa shape index (κ2) is 3.31. The summed E-state index contributed by atoms with van der Waals surface area (Å²) in [5, 5.41) is 0. The Morgan fingerprint density at radius 3 is 3.00 bits per heavy atom. The minimum Gasteiger partial charge on any atom is -0.439 e. The molecule has 0 unspecified atom stereocenters. The monoisotopic (exact) mass is 210 g/mol. The SMILES string of the molecule is NC(=O)c1cccc2nc(CCl)oc12. The second-order valence-corrected chi connectivity index (χ2v) is 3.03.